The first-order valence-corrected chi connectivity index (χ1v) is 4.73. The van der Waals surface area contributed by atoms with Crippen molar-refractivity contribution in [2.75, 3.05) is 11.1 Å². The molecule has 0 radical (unpaired) electrons. The molecule has 0 saturated heterocycles. The van der Waals surface area contributed by atoms with Gasteiger partial charge in [0.05, 0.1) is 5.56 Å². The Labute approximate surface area is 88.1 Å². The van der Waals surface area contributed by atoms with Crippen molar-refractivity contribution in [3.05, 3.63) is 11.8 Å². The summed E-state index contributed by atoms with van der Waals surface area (Å²) in [5.74, 6) is -0.0593. The summed E-state index contributed by atoms with van der Waals surface area (Å²) in [5.41, 5.74) is 10.9. The molecule has 1 aromatic rings. The van der Waals surface area contributed by atoms with Gasteiger partial charge in [0, 0.05) is 12.2 Å². The topological polar surface area (TPSA) is 107 Å². The van der Waals surface area contributed by atoms with E-state index in [4.69, 9.17) is 11.5 Å². The maximum atomic E-state index is 11.1. The van der Waals surface area contributed by atoms with Crippen molar-refractivity contribution < 1.29 is 4.79 Å². The molecule has 0 spiro atoms. The molecule has 6 nitrogen and oxygen atoms in total. The van der Waals surface area contributed by atoms with E-state index in [1.165, 1.54) is 6.20 Å². The van der Waals surface area contributed by atoms with Crippen LogP contribution in [0.15, 0.2) is 6.20 Å². The molecule has 1 rings (SSSR count). The summed E-state index contributed by atoms with van der Waals surface area (Å²) >= 11 is 0. The van der Waals surface area contributed by atoms with Gasteiger partial charge in [0.1, 0.15) is 5.82 Å². The Morgan fingerprint density at radius 2 is 2.33 bits per heavy atom. The number of primary amides is 1. The summed E-state index contributed by atoms with van der Waals surface area (Å²) in [5, 5.41) is 3.05. The number of aromatic nitrogens is 2. The van der Waals surface area contributed by atoms with Crippen molar-refractivity contribution in [2.45, 2.75) is 26.3 Å². The zero-order valence-electron chi connectivity index (χ0n) is 8.82. The number of hydrogen-bond acceptors (Lipinski definition) is 5. The second-order valence-electron chi connectivity index (χ2n) is 3.31. The van der Waals surface area contributed by atoms with Gasteiger partial charge in [-0.2, -0.15) is 4.98 Å². The highest BCUT2D eigenvalue weighted by atomic mass is 16.1. The molecular weight excluding hydrogens is 194 g/mol. The van der Waals surface area contributed by atoms with Crippen LogP contribution in [0.25, 0.3) is 0 Å². The third kappa shape index (κ3) is 2.80. The smallest absolute Gasteiger partial charge is 0.254 e. The van der Waals surface area contributed by atoms with E-state index >= 15 is 0 Å². The minimum absolute atomic E-state index is 0.116. The van der Waals surface area contributed by atoms with Gasteiger partial charge < -0.3 is 16.8 Å². The number of nitrogen functional groups attached to an aromatic ring is 1. The molecular formula is C9H15N5O. The number of nitrogens with two attached hydrogens (primary N) is 2. The standard InChI is InChI=1S/C9H15N5O/c1-3-5(2)13-8-6(7(10)15)4-12-9(11)14-8/h4-5H,3H2,1-2H3,(H2,10,15)(H3,11,12,13,14)/t5-/m1/s1. The first-order chi connectivity index (χ1) is 7.04. The van der Waals surface area contributed by atoms with Crippen molar-refractivity contribution in [2.24, 2.45) is 5.73 Å². The average Bonchev–Trinajstić information content (AvgIpc) is 2.17. The van der Waals surface area contributed by atoms with Crippen molar-refractivity contribution in [1.82, 2.24) is 9.97 Å². The molecule has 15 heavy (non-hydrogen) atoms. The Bertz CT molecular complexity index is 366. The lowest BCUT2D eigenvalue weighted by Crippen LogP contribution is -2.21. The Hall–Kier alpha value is -1.85. The lowest BCUT2D eigenvalue weighted by Gasteiger charge is -2.14. The number of nitrogens with one attached hydrogen (secondary N) is 1. The van der Waals surface area contributed by atoms with Crippen LogP contribution >= 0.6 is 0 Å². The van der Waals surface area contributed by atoms with Crippen molar-refractivity contribution in [3.8, 4) is 0 Å². The molecule has 1 heterocycles. The number of carbonyl (C=O) groups excluding carboxylic acids is 1. The third-order valence-corrected chi connectivity index (χ3v) is 2.07. The Kier molecular flexibility index (Phi) is 3.43. The molecule has 5 N–H and O–H groups in total. The minimum atomic E-state index is -0.569. The van der Waals surface area contributed by atoms with E-state index in [1.54, 1.807) is 0 Å². The van der Waals surface area contributed by atoms with Gasteiger partial charge in [0.25, 0.3) is 5.91 Å². The molecule has 6 heteroatoms. The van der Waals surface area contributed by atoms with Crippen LogP contribution in [-0.4, -0.2) is 21.9 Å². The number of anilines is 2. The van der Waals surface area contributed by atoms with Gasteiger partial charge in [-0.15, -0.1) is 0 Å². The zero-order chi connectivity index (χ0) is 11.4. The van der Waals surface area contributed by atoms with Crippen LogP contribution in [0.1, 0.15) is 30.6 Å². The third-order valence-electron chi connectivity index (χ3n) is 2.07. The highest BCUT2D eigenvalue weighted by Gasteiger charge is 2.12. The maximum Gasteiger partial charge on any atom is 0.254 e. The lowest BCUT2D eigenvalue weighted by atomic mass is 10.2. The molecule has 0 fully saturated rings. The van der Waals surface area contributed by atoms with E-state index in [0.29, 0.717) is 5.82 Å². The molecule has 0 bridgehead atoms. The normalized spacial score (nSPS) is 12.1. The first kappa shape index (κ1) is 11.2. The predicted molar refractivity (Wildman–Crippen MR) is 58.3 cm³/mol. The fourth-order valence-corrected chi connectivity index (χ4v) is 1.02. The van der Waals surface area contributed by atoms with Crippen LogP contribution < -0.4 is 16.8 Å². The zero-order valence-corrected chi connectivity index (χ0v) is 8.82. The Balaban J connectivity index is 3.02. The maximum absolute atomic E-state index is 11.1. The van der Waals surface area contributed by atoms with Gasteiger partial charge in [0.2, 0.25) is 5.95 Å². The van der Waals surface area contributed by atoms with Crippen molar-refractivity contribution in [1.29, 1.82) is 0 Å². The summed E-state index contributed by atoms with van der Waals surface area (Å²) in [6.07, 6.45) is 2.23. The van der Waals surface area contributed by atoms with Gasteiger partial charge in [-0.05, 0) is 13.3 Å². The number of hydrogen-bond donors (Lipinski definition) is 3. The molecule has 0 unspecified atom stereocenters. The average molecular weight is 209 g/mol. The van der Waals surface area contributed by atoms with Crippen molar-refractivity contribution >= 4 is 17.7 Å². The summed E-state index contributed by atoms with van der Waals surface area (Å²) in [6, 6.07) is 0.192. The molecule has 1 aromatic heterocycles. The van der Waals surface area contributed by atoms with Crippen LogP contribution in [0.5, 0.6) is 0 Å². The van der Waals surface area contributed by atoms with E-state index < -0.39 is 5.91 Å². The van der Waals surface area contributed by atoms with Crippen LogP contribution in [0.4, 0.5) is 11.8 Å². The van der Waals surface area contributed by atoms with Gasteiger partial charge in [-0.25, -0.2) is 4.98 Å². The molecule has 0 saturated carbocycles. The number of carbonyl (C=O) groups is 1. The molecule has 0 aliphatic heterocycles. The summed E-state index contributed by atoms with van der Waals surface area (Å²) in [4.78, 5) is 18.7. The first-order valence-electron chi connectivity index (χ1n) is 4.73. The lowest BCUT2D eigenvalue weighted by molar-refractivity contribution is 0.100. The highest BCUT2D eigenvalue weighted by Crippen LogP contribution is 2.13. The van der Waals surface area contributed by atoms with Crippen molar-refractivity contribution in [3.63, 3.8) is 0 Å². The number of amides is 1. The van der Waals surface area contributed by atoms with E-state index in [2.05, 4.69) is 15.3 Å². The van der Waals surface area contributed by atoms with Crippen LogP contribution in [-0.2, 0) is 0 Å². The molecule has 1 atom stereocenters. The Morgan fingerprint density at radius 1 is 1.67 bits per heavy atom. The fraction of sp³-hybridized carbons (Fsp3) is 0.444. The van der Waals surface area contributed by atoms with E-state index in [-0.39, 0.29) is 17.6 Å². The monoisotopic (exact) mass is 209 g/mol. The minimum Gasteiger partial charge on any atom is -0.368 e. The second-order valence-corrected chi connectivity index (χ2v) is 3.31. The number of rotatable bonds is 4. The molecule has 0 aliphatic carbocycles. The van der Waals surface area contributed by atoms with Crippen LogP contribution in [0, 0.1) is 0 Å². The summed E-state index contributed by atoms with van der Waals surface area (Å²) in [7, 11) is 0. The quantitative estimate of drug-likeness (QED) is 0.664. The van der Waals surface area contributed by atoms with Crippen LogP contribution in [0.3, 0.4) is 0 Å². The van der Waals surface area contributed by atoms with E-state index in [9.17, 15) is 4.79 Å². The van der Waals surface area contributed by atoms with Gasteiger partial charge in [0.15, 0.2) is 0 Å². The molecule has 82 valence electrons. The summed E-state index contributed by atoms with van der Waals surface area (Å²) in [6.45, 7) is 4.00. The second kappa shape index (κ2) is 4.59. The molecule has 0 aromatic carbocycles. The van der Waals surface area contributed by atoms with Gasteiger partial charge in [-0.1, -0.05) is 6.92 Å². The van der Waals surface area contributed by atoms with E-state index in [1.807, 2.05) is 13.8 Å². The van der Waals surface area contributed by atoms with E-state index in [0.717, 1.165) is 6.42 Å². The molecule has 0 aliphatic rings. The van der Waals surface area contributed by atoms with Gasteiger partial charge in [-0.3, -0.25) is 4.79 Å². The fourth-order valence-electron chi connectivity index (χ4n) is 1.02. The SMILES string of the molecule is CC[C@@H](C)Nc1nc(N)ncc1C(N)=O. The van der Waals surface area contributed by atoms with Gasteiger partial charge >= 0.3 is 0 Å². The largest absolute Gasteiger partial charge is 0.368 e. The van der Waals surface area contributed by atoms with Crippen LogP contribution in [0.2, 0.25) is 0 Å². The molecule has 1 amide bonds. The Morgan fingerprint density at radius 3 is 2.87 bits per heavy atom. The predicted octanol–water partition coefficient (Wildman–Crippen LogP) is 0.368. The number of nitrogens with zero attached hydrogens (tertiary/aromatic N) is 2. The highest BCUT2D eigenvalue weighted by molar-refractivity contribution is 5.97. The summed E-state index contributed by atoms with van der Waals surface area (Å²) < 4.78 is 0.